The molecule has 1 aliphatic carbocycles. The lowest BCUT2D eigenvalue weighted by Gasteiger charge is -2.08. The van der Waals surface area contributed by atoms with Gasteiger partial charge in [0.2, 0.25) is 5.91 Å². The summed E-state index contributed by atoms with van der Waals surface area (Å²) < 4.78 is 18.8. The van der Waals surface area contributed by atoms with Gasteiger partial charge < -0.3 is 15.8 Å². The van der Waals surface area contributed by atoms with E-state index in [9.17, 15) is 9.18 Å². The van der Waals surface area contributed by atoms with Crippen LogP contribution in [-0.2, 0) is 11.4 Å². The van der Waals surface area contributed by atoms with Crippen LogP contribution in [0.4, 0.5) is 4.39 Å². The van der Waals surface area contributed by atoms with Crippen molar-refractivity contribution in [3.63, 3.8) is 0 Å². The molecule has 2 aromatic rings. The van der Waals surface area contributed by atoms with Gasteiger partial charge in [-0.2, -0.15) is 0 Å². The number of nitrogens with two attached hydrogens (primary N) is 1. The third-order valence-electron chi connectivity index (χ3n) is 3.93. The molecular weight excluding hydrogens is 295 g/mol. The average Bonchev–Trinajstić information content (AvgIpc) is 3.31. The minimum absolute atomic E-state index is 0.218. The van der Waals surface area contributed by atoms with E-state index in [0.717, 1.165) is 17.7 Å². The molecular formula is C18H19FN2O2. The Balaban J connectivity index is 1.51. The summed E-state index contributed by atoms with van der Waals surface area (Å²) in [5.74, 6) is 0.577. The molecule has 1 amide bonds. The SMILES string of the molecule is NC(=O)CNC1CC1c1ccc(OCc2cccc(F)c2)cc1. The van der Waals surface area contributed by atoms with E-state index in [2.05, 4.69) is 5.32 Å². The maximum atomic E-state index is 13.1. The second-order valence-electron chi connectivity index (χ2n) is 5.78. The lowest BCUT2D eigenvalue weighted by atomic mass is 10.1. The molecule has 3 N–H and O–H groups in total. The molecule has 3 rings (SSSR count). The van der Waals surface area contributed by atoms with Gasteiger partial charge in [0, 0.05) is 12.0 Å². The summed E-state index contributed by atoms with van der Waals surface area (Å²) in [5, 5.41) is 3.13. The molecule has 0 aromatic heterocycles. The summed E-state index contributed by atoms with van der Waals surface area (Å²) in [4.78, 5) is 10.7. The van der Waals surface area contributed by atoms with Crippen LogP contribution in [0, 0.1) is 5.82 Å². The molecule has 0 aliphatic heterocycles. The van der Waals surface area contributed by atoms with E-state index in [-0.39, 0.29) is 18.3 Å². The van der Waals surface area contributed by atoms with Crippen LogP contribution >= 0.6 is 0 Å². The molecule has 5 heteroatoms. The number of carbonyl (C=O) groups excluding carboxylic acids is 1. The molecule has 120 valence electrons. The van der Waals surface area contributed by atoms with Gasteiger partial charge in [0.1, 0.15) is 18.2 Å². The van der Waals surface area contributed by atoms with Crippen LogP contribution in [0.15, 0.2) is 48.5 Å². The highest BCUT2D eigenvalue weighted by Crippen LogP contribution is 2.41. The fraction of sp³-hybridized carbons (Fsp3) is 0.278. The van der Waals surface area contributed by atoms with E-state index in [0.29, 0.717) is 18.6 Å². The van der Waals surface area contributed by atoms with Gasteiger partial charge in [-0.25, -0.2) is 4.39 Å². The largest absolute Gasteiger partial charge is 0.489 e. The minimum Gasteiger partial charge on any atom is -0.489 e. The first-order valence-electron chi connectivity index (χ1n) is 7.61. The number of nitrogens with one attached hydrogen (secondary N) is 1. The van der Waals surface area contributed by atoms with Crippen molar-refractivity contribution in [2.24, 2.45) is 5.73 Å². The van der Waals surface area contributed by atoms with Crippen molar-refractivity contribution >= 4 is 5.91 Å². The van der Waals surface area contributed by atoms with Crippen molar-refractivity contribution < 1.29 is 13.9 Å². The van der Waals surface area contributed by atoms with Crippen LogP contribution in [0.25, 0.3) is 0 Å². The fourth-order valence-electron chi connectivity index (χ4n) is 2.63. The Bertz CT molecular complexity index is 688. The Morgan fingerprint density at radius 3 is 2.74 bits per heavy atom. The number of amides is 1. The van der Waals surface area contributed by atoms with E-state index in [1.165, 1.54) is 17.7 Å². The van der Waals surface area contributed by atoms with Gasteiger partial charge in [-0.1, -0.05) is 24.3 Å². The van der Waals surface area contributed by atoms with Gasteiger partial charge in [0.25, 0.3) is 0 Å². The average molecular weight is 314 g/mol. The Morgan fingerprint density at radius 1 is 1.26 bits per heavy atom. The fourth-order valence-corrected chi connectivity index (χ4v) is 2.63. The standard InChI is InChI=1S/C18H19FN2O2/c19-14-3-1-2-12(8-14)11-23-15-6-4-13(5-7-15)16-9-17(16)21-10-18(20)22/h1-8,16-17,21H,9-11H2,(H2,20,22). The van der Waals surface area contributed by atoms with Crippen molar-refractivity contribution in [1.29, 1.82) is 0 Å². The van der Waals surface area contributed by atoms with Gasteiger partial charge in [0.05, 0.1) is 6.54 Å². The maximum Gasteiger partial charge on any atom is 0.231 e. The Morgan fingerprint density at radius 2 is 2.04 bits per heavy atom. The van der Waals surface area contributed by atoms with Crippen LogP contribution < -0.4 is 15.8 Å². The lowest BCUT2D eigenvalue weighted by Crippen LogP contribution is -2.30. The second kappa shape index (κ2) is 6.79. The monoisotopic (exact) mass is 314 g/mol. The van der Waals surface area contributed by atoms with E-state index >= 15 is 0 Å². The summed E-state index contributed by atoms with van der Waals surface area (Å²) in [6.07, 6.45) is 1.01. The Hall–Kier alpha value is -2.40. The van der Waals surface area contributed by atoms with Gasteiger partial charge in [-0.15, -0.1) is 0 Å². The summed E-state index contributed by atoms with van der Waals surface area (Å²) >= 11 is 0. The zero-order chi connectivity index (χ0) is 16.2. The quantitative estimate of drug-likeness (QED) is 0.824. The number of rotatable bonds is 7. The van der Waals surface area contributed by atoms with Crippen molar-refractivity contribution in [3.05, 3.63) is 65.5 Å². The molecule has 2 atom stereocenters. The second-order valence-corrected chi connectivity index (χ2v) is 5.78. The molecule has 0 bridgehead atoms. The molecule has 0 spiro atoms. The topological polar surface area (TPSA) is 64.4 Å². The van der Waals surface area contributed by atoms with Crippen molar-refractivity contribution in [1.82, 2.24) is 5.32 Å². The number of benzene rings is 2. The van der Waals surface area contributed by atoms with Gasteiger partial charge in [-0.3, -0.25) is 4.79 Å². The van der Waals surface area contributed by atoms with Crippen LogP contribution in [0.1, 0.15) is 23.5 Å². The van der Waals surface area contributed by atoms with Crippen LogP contribution in [0.2, 0.25) is 0 Å². The molecule has 2 aromatic carbocycles. The zero-order valence-electron chi connectivity index (χ0n) is 12.7. The first-order valence-corrected chi connectivity index (χ1v) is 7.61. The van der Waals surface area contributed by atoms with Crippen LogP contribution in [0.5, 0.6) is 5.75 Å². The van der Waals surface area contributed by atoms with E-state index in [1.807, 2.05) is 30.3 Å². The maximum absolute atomic E-state index is 13.1. The first-order chi connectivity index (χ1) is 11.1. The van der Waals surface area contributed by atoms with E-state index < -0.39 is 0 Å². The number of halogens is 1. The smallest absolute Gasteiger partial charge is 0.231 e. The van der Waals surface area contributed by atoms with E-state index in [1.54, 1.807) is 6.07 Å². The number of carbonyl (C=O) groups is 1. The third-order valence-corrected chi connectivity index (χ3v) is 3.93. The van der Waals surface area contributed by atoms with Crippen LogP contribution in [-0.4, -0.2) is 18.5 Å². The molecule has 2 unspecified atom stereocenters. The molecule has 1 saturated carbocycles. The first kappa shape index (κ1) is 15.5. The normalized spacial score (nSPS) is 19.3. The third kappa shape index (κ3) is 4.29. The molecule has 0 radical (unpaired) electrons. The van der Waals surface area contributed by atoms with Gasteiger partial charge >= 0.3 is 0 Å². The number of hydrogen-bond donors (Lipinski definition) is 2. The zero-order valence-corrected chi connectivity index (χ0v) is 12.7. The van der Waals surface area contributed by atoms with Gasteiger partial charge in [-0.05, 0) is 41.8 Å². The van der Waals surface area contributed by atoms with E-state index in [4.69, 9.17) is 10.5 Å². The molecule has 1 fully saturated rings. The minimum atomic E-state index is -0.336. The predicted molar refractivity (Wildman–Crippen MR) is 85.5 cm³/mol. The number of ether oxygens (including phenoxy) is 1. The highest BCUT2D eigenvalue weighted by Gasteiger charge is 2.37. The summed E-state index contributed by atoms with van der Waals surface area (Å²) in [7, 11) is 0. The Kier molecular flexibility index (Phi) is 4.57. The summed E-state index contributed by atoms with van der Waals surface area (Å²) in [6, 6.07) is 14.6. The highest BCUT2D eigenvalue weighted by atomic mass is 19.1. The molecule has 0 heterocycles. The molecule has 1 aliphatic rings. The summed E-state index contributed by atoms with van der Waals surface area (Å²) in [6.45, 7) is 0.555. The lowest BCUT2D eigenvalue weighted by molar-refractivity contribution is -0.117. The molecule has 0 saturated heterocycles. The van der Waals surface area contributed by atoms with Crippen LogP contribution in [0.3, 0.4) is 0 Å². The highest BCUT2D eigenvalue weighted by molar-refractivity contribution is 5.76. The van der Waals surface area contributed by atoms with Crippen molar-refractivity contribution in [2.75, 3.05) is 6.54 Å². The summed E-state index contributed by atoms with van der Waals surface area (Å²) in [5.41, 5.74) is 7.13. The van der Waals surface area contributed by atoms with Gasteiger partial charge in [0.15, 0.2) is 0 Å². The van der Waals surface area contributed by atoms with Crippen molar-refractivity contribution in [2.45, 2.75) is 25.0 Å². The molecule has 23 heavy (non-hydrogen) atoms. The molecule has 4 nitrogen and oxygen atoms in total. The Labute approximate surface area is 134 Å². The van der Waals surface area contributed by atoms with Crippen molar-refractivity contribution in [3.8, 4) is 5.75 Å². The number of hydrogen-bond acceptors (Lipinski definition) is 3. The predicted octanol–water partition coefficient (Wildman–Crippen LogP) is 2.34. The number of primary amides is 1.